The molecular formula is C22H21N7O3. The van der Waals surface area contributed by atoms with Gasteiger partial charge >= 0.3 is 0 Å². The number of rotatable bonds is 6. The Morgan fingerprint density at radius 2 is 1.97 bits per heavy atom. The van der Waals surface area contributed by atoms with Crippen molar-refractivity contribution in [1.82, 2.24) is 20.0 Å². The summed E-state index contributed by atoms with van der Waals surface area (Å²) in [5, 5.41) is 18.3. The van der Waals surface area contributed by atoms with Gasteiger partial charge in [0, 0.05) is 23.7 Å². The summed E-state index contributed by atoms with van der Waals surface area (Å²) in [7, 11) is 0. The molecule has 0 spiro atoms. The van der Waals surface area contributed by atoms with Crippen molar-refractivity contribution in [3.8, 4) is 0 Å². The number of nitro benzene ring substituents is 1. The zero-order valence-electron chi connectivity index (χ0n) is 17.5. The fourth-order valence-corrected chi connectivity index (χ4v) is 3.23. The highest BCUT2D eigenvalue weighted by atomic mass is 16.6. The summed E-state index contributed by atoms with van der Waals surface area (Å²) in [6, 6.07) is 13.3. The topological polar surface area (TPSA) is 141 Å². The van der Waals surface area contributed by atoms with Crippen molar-refractivity contribution in [3.63, 3.8) is 0 Å². The average Bonchev–Trinajstić information content (AvgIpc) is 3.06. The van der Waals surface area contributed by atoms with Gasteiger partial charge in [0.05, 0.1) is 22.2 Å². The van der Waals surface area contributed by atoms with E-state index in [4.69, 9.17) is 5.73 Å². The molecule has 10 nitrogen and oxygen atoms in total. The van der Waals surface area contributed by atoms with Gasteiger partial charge in [-0.05, 0) is 25.5 Å². The van der Waals surface area contributed by atoms with E-state index in [0.29, 0.717) is 27.8 Å². The van der Waals surface area contributed by atoms with Gasteiger partial charge in [0.1, 0.15) is 16.9 Å². The fraction of sp³-hybridized carbons (Fsp3) is 0.182. The summed E-state index contributed by atoms with van der Waals surface area (Å²) in [5.41, 5.74) is 8.87. The number of nitrogens with two attached hydrogens (primary N) is 1. The smallest absolute Gasteiger partial charge is 0.270 e. The summed E-state index contributed by atoms with van der Waals surface area (Å²) in [5.74, 6) is -0.284. The Kier molecular flexibility index (Phi) is 5.50. The van der Waals surface area contributed by atoms with Gasteiger partial charge in [-0.3, -0.25) is 14.9 Å². The maximum absolute atomic E-state index is 13.0. The third-order valence-electron chi connectivity index (χ3n) is 5.09. The first-order valence-electron chi connectivity index (χ1n) is 10.1. The maximum Gasteiger partial charge on any atom is 0.270 e. The molecular weight excluding hydrogens is 410 g/mol. The Balaban J connectivity index is 1.88. The first kappa shape index (κ1) is 20.9. The minimum absolute atomic E-state index is 0.0536. The number of non-ortho nitro benzene ring substituents is 1. The highest BCUT2D eigenvalue weighted by Gasteiger charge is 2.24. The van der Waals surface area contributed by atoms with E-state index in [1.54, 1.807) is 24.3 Å². The Morgan fingerprint density at radius 3 is 2.66 bits per heavy atom. The number of nitrogens with zero attached hydrogens (tertiary/aromatic N) is 5. The van der Waals surface area contributed by atoms with Crippen molar-refractivity contribution in [1.29, 1.82) is 0 Å². The van der Waals surface area contributed by atoms with Crippen LogP contribution in [0.3, 0.4) is 0 Å². The first-order chi connectivity index (χ1) is 15.4. The van der Waals surface area contributed by atoms with Crippen molar-refractivity contribution in [2.45, 2.75) is 26.3 Å². The normalized spacial score (nSPS) is 12.4. The molecule has 4 rings (SSSR count). The van der Waals surface area contributed by atoms with E-state index in [9.17, 15) is 14.9 Å². The van der Waals surface area contributed by atoms with Crippen LogP contribution < -0.4 is 11.1 Å². The van der Waals surface area contributed by atoms with Crippen LogP contribution in [0.15, 0.2) is 53.6 Å². The minimum Gasteiger partial charge on any atom is -0.383 e. The van der Waals surface area contributed by atoms with E-state index in [1.165, 1.54) is 23.0 Å². The molecule has 0 fully saturated rings. The fourth-order valence-electron chi connectivity index (χ4n) is 3.23. The number of fused-ring (bicyclic) bond motifs is 2. The van der Waals surface area contributed by atoms with Gasteiger partial charge in [0.2, 0.25) is 0 Å². The molecule has 1 amide bonds. The second-order valence-corrected chi connectivity index (χ2v) is 7.34. The van der Waals surface area contributed by atoms with Crippen LogP contribution in [0.5, 0.6) is 0 Å². The number of hydrogen-bond acceptors (Lipinski definition) is 7. The summed E-state index contributed by atoms with van der Waals surface area (Å²) in [6.07, 6.45) is 2.18. The molecule has 4 aromatic rings. The van der Waals surface area contributed by atoms with Gasteiger partial charge in [-0.2, -0.15) is 9.78 Å². The van der Waals surface area contributed by atoms with E-state index in [2.05, 4.69) is 20.4 Å². The monoisotopic (exact) mass is 431 g/mol. The molecule has 0 saturated carbocycles. The van der Waals surface area contributed by atoms with Gasteiger partial charge in [0.15, 0.2) is 5.65 Å². The van der Waals surface area contributed by atoms with Crippen molar-refractivity contribution in [2.24, 2.45) is 5.10 Å². The van der Waals surface area contributed by atoms with Crippen LogP contribution in [0.4, 0.5) is 11.5 Å². The van der Waals surface area contributed by atoms with E-state index >= 15 is 0 Å². The molecule has 0 saturated heterocycles. The molecule has 3 N–H and O–H groups in total. The Hall–Kier alpha value is -4.34. The number of carbonyl (C=O) groups excluding carboxylic acids is 1. The van der Waals surface area contributed by atoms with Gasteiger partial charge < -0.3 is 11.1 Å². The Labute approximate surface area is 182 Å². The summed E-state index contributed by atoms with van der Waals surface area (Å²) in [6.45, 7) is 3.86. The number of hydrogen-bond donors (Lipinski definition) is 2. The molecule has 162 valence electrons. The number of carbonyl (C=O) groups is 1. The predicted molar refractivity (Wildman–Crippen MR) is 123 cm³/mol. The predicted octanol–water partition coefficient (Wildman–Crippen LogP) is 3.49. The van der Waals surface area contributed by atoms with E-state index < -0.39 is 4.92 Å². The lowest BCUT2D eigenvalue weighted by Gasteiger charge is -2.11. The molecule has 0 aliphatic rings. The van der Waals surface area contributed by atoms with Crippen LogP contribution in [0.25, 0.3) is 22.2 Å². The standard InChI is InChI=1S/C22H21N7O3/c1-3-13(2)25-22(30)18-19-21(27-17-10-5-4-9-16(17)26-19)28(20(18)23)24-12-14-7-6-8-15(11-14)29(31)32/h4-13H,3,23H2,1-2H3,(H,25,30). The molecule has 2 aromatic carbocycles. The average molecular weight is 431 g/mol. The van der Waals surface area contributed by atoms with Crippen molar-refractivity contribution in [3.05, 3.63) is 69.8 Å². The number of anilines is 1. The number of amides is 1. The zero-order valence-corrected chi connectivity index (χ0v) is 17.5. The third-order valence-corrected chi connectivity index (χ3v) is 5.09. The van der Waals surface area contributed by atoms with E-state index in [-0.39, 0.29) is 29.0 Å². The minimum atomic E-state index is -0.480. The lowest BCUT2D eigenvalue weighted by molar-refractivity contribution is -0.384. The number of aromatic nitrogens is 3. The Bertz CT molecular complexity index is 1380. The number of nitro groups is 1. The molecule has 2 aromatic heterocycles. The van der Waals surface area contributed by atoms with E-state index in [0.717, 1.165) is 6.42 Å². The molecule has 1 unspecified atom stereocenters. The van der Waals surface area contributed by atoms with Crippen LogP contribution in [-0.4, -0.2) is 37.7 Å². The highest BCUT2D eigenvalue weighted by Crippen LogP contribution is 2.28. The second kappa shape index (κ2) is 8.42. The van der Waals surface area contributed by atoms with Crippen LogP contribution >= 0.6 is 0 Å². The van der Waals surface area contributed by atoms with Gasteiger partial charge in [-0.25, -0.2) is 9.97 Å². The van der Waals surface area contributed by atoms with Crippen LogP contribution in [0.2, 0.25) is 0 Å². The highest BCUT2D eigenvalue weighted by molar-refractivity contribution is 6.10. The van der Waals surface area contributed by atoms with E-state index in [1.807, 2.05) is 26.0 Å². The maximum atomic E-state index is 13.0. The van der Waals surface area contributed by atoms with Crippen molar-refractivity contribution >= 4 is 45.8 Å². The summed E-state index contributed by atoms with van der Waals surface area (Å²) in [4.78, 5) is 32.8. The third kappa shape index (κ3) is 3.85. The van der Waals surface area contributed by atoms with Gasteiger partial charge in [-0.15, -0.1) is 0 Å². The van der Waals surface area contributed by atoms with Gasteiger partial charge in [0.25, 0.3) is 11.6 Å². The lowest BCUT2D eigenvalue weighted by Crippen LogP contribution is -2.32. The lowest BCUT2D eigenvalue weighted by atomic mass is 10.2. The first-order valence-corrected chi connectivity index (χ1v) is 10.1. The largest absolute Gasteiger partial charge is 0.383 e. The number of nitrogens with one attached hydrogen (secondary N) is 1. The van der Waals surface area contributed by atoms with Crippen LogP contribution in [-0.2, 0) is 0 Å². The molecule has 2 heterocycles. The molecule has 10 heteroatoms. The molecule has 0 radical (unpaired) electrons. The van der Waals surface area contributed by atoms with Gasteiger partial charge in [-0.1, -0.05) is 31.2 Å². The number of nitrogen functional groups attached to an aromatic ring is 1. The molecule has 1 atom stereocenters. The molecule has 32 heavy (non-hydrogen) atoms. The van der Waals surface area contributed by atoms with Crippen LogP contribution in [0, 0.1) is 10.1 Å². The quantitative estimate of drug-likeness (QED) is 0.272. The molecule has 0 bridgehead atoms. The van der Waals surface area contributed by atoms with Crippen molar-refractivity contribution in [2.75, 3.05) is 5.73 Å². The number of benzene rings is 2. The number of para-hydroxylation sites is 2. The summed E-state index contributed by atoms with van der Waals surface area (Å²) < 4.78 is 1.33. The zero-order chi connectivity index (χ0) is 22.8. The molecule has 0 aliphatic heterocycles. The molecule has 0 aliphatic carbocycles. The van der Waals surface area contributed by atoms with Crippen LogP contribution in [0.1, 0.15) is 36.2 Å². The van der Waals surface area contributed by atoms with Crippen molar-refractivity contribution < 1.29 is 9.72 Å². The summed E-state index contributed by atoms with van der Waals surface area (Å²) >= 11 is 0. The second-order valence-electron chi connectivity index (χ2n) is 7.34. The Morgan fingerprint density at radius 1 is 1.25 bits per heavy atom. The SMILES string of the molecule is CCC(C)NC(=O)c1c(N)n(N=Cc2cccc([N+](=O)[O-])c2)c2nc3ccccc3nc12.